The molecule has 30 heavy (non-hydrogen) atoms. The number of hydrogen-bond acceptors (Lipinski definition) is 4. The molecule has 0 saturated heterocycles. The number of nitrogens with one attached hydrogen (secondary N) is 1. The molecule has 5 nitrogen and oxygen atoms in total. The number of carboxylic acids is 1. The van der Waals surface area contributed by atoms with E-state index >= 15 is 4.39 Å². The summed E-state index contributed by atoms with van der Waals surface area (Å²) < 4.78 is 26.5. The molecule has 2 fully saturated rings. The number of methoxy groups -OCH3 is 1. The van der Waals surface area contributed by atoms with Crippen molar-refractivity contribution in [3.63, 3.8) is 0 Å². The predicted molar refractivity (Wildman–Crippen MR) is 114 cm³/mol. The minimum atomic E-state index is -0.912. The lowest BCUT2D eigenvalue weighted by Gasteiger charge is -2.39. The predicted octanol–water partition coefficient (Wildman–Crippen LogP) is 5.22. The fourth-order valence-corrected chi connectivity index (χ4v) is 3.99. The van der Waals surface area contributed by atoms with E-state index in [2.05, 4.69) is 5.32 Å². The first kappa shape index (κ1) is 20.7. The van der Waals surface area contributed by atoms with Gasteiger partial charge >= 0.3 is 5.97 Å². The highest BCUT2D eigenvalue weighted by Gasteiger charge is 2.44. The van der Waals surface area contributed by atoms with Crippen LogP contribution in [0.5, 0.6) is 5.75 Å². The van der Waals surface area contributed by atoms with Crippen molar-refractivity contribution in [1.82, 2.24) is 0 Å². The van der Waals surface area contributed by atoms with Gasteiger partial charge in [0.05, 0.1) is 19.8 Å². The van der Waals surface area contributed by atoms with Crippen LogP contribution >= 0.6 is 0 Å². The second-order valence-corrected chi connectivity index (χ2v) is 8.46. The average molecular weight is 413 g/mol. The first-order valence-electron chi connectivity index (χ1n) is 10.4. The molecule has 0 unspecified atom stereocenters. The Labute approximate surface area is 176 Å². The lowest BCUT2D eigenvalue weighted by atomic mass is 9.76. The molecular weight excluding hydrogens is 385 g/mol. The van der Waals surface area contributed by atoms with Crippen LogP contribution in [-0.4, -0.2) is 29.8 Å². The standard InChI is InChI=1S/C24H28FNO4/c1-14-11-20(21(25)22(29-3)15(14)2)19-8-5-17(12-16(19)13-30-18-6-7-18)26-24(23(27)28)9-4-10-24/h5,8,11-12,18,26H,4,6-7,9-10,13H2,1-3H3,(H,27,28). The van der Waals surface area contributed by atoms with Gasteiger partial charge in [0.1, 0.15) is 5.54 Å². The highest BCUT2D eigenvalue weighted by atomic mass is 19.1. The molecule has 0 spiro atoms. The molecule has 2 aliphatic carbocycles. The molecule has 2 N–H and O–H groups in total. The number of aliphatic carboxylic acids is 1. The largest absolute Gasteiger partial charge is 0.493 e. The Bertz CT molecular complexity index is 980. The Balaban J connectivity index is 1.74. The van der Waals surface area contributed by atoms with Crippen LogP contribution in [0.3, 0.4) is 0 Å². The molecule has 2 aromatic carbocycles. The molecule has 0 amide bonds. The minimum absolute atomic E-state index is 0.251. The van der Waals surface area contributed by atoms with Gasteiger partial charge in [-0.05, 0) is 86.4 Å². The zero-order chi connectivity index (χ0) is 21.5. The fourth-order valence-electron chi connectivity index (χ4n) is 3.99. The van der Waals surface area contributed by atoms with Crippen LogP contribution in [-0.2, 0) is 16.1 Å². The summed E-state index contributed by atoms with van der Waals surface area (Å²) in [6, 6.07) is 7.39. The van der Waals surface area contributed by atoms with Crippen molar-refractivity contribution in [1.29, 1.82) is 0 Å². The van der Waals surface area contributed by atoms with E-state index in [9.17, 15) is 9.90 Å². The number of hydrogen-bond donors (Lipinski definition) is 2. The van der Waals surface area contributed by atoms with Crippen molar-refractivity contribution in [2.75, 3.05) is 12.4 Å². The van der Waals surface area contributed by atoms with Gasteiger partial charge in [0, 0.05) is 11.3 Å². The molecular formula is C24H28FNO4. The highest BCUT2D eigenvalue weighted by molar-refractivity contribution is 5.84. The molecule has 0 atom stereocenters. The second kappa shape index (κ2) is 7.91. The number of carbonyl (C=O) groups is 1. The summed E-state index contributed by atoms with van der Waals surface area (Å²) >= 11 is 0. The summed E-state index contributed by atoms with van der Waals surface area (Å²) in [6.45, 7) is 4.13. The van der Waals surface area contributed by atoms with Gasteiger partial charge in [-0.25, -0.2) is 9.18 Å². The molecule has 0 heterocycles. The van der Waals surface area contributed by atoms with Crippen LogP contribution in [0.25, 0.3) is 11.1 Å². The van der Waals surface area contributed by atoms with Gasteiger partial charge < -0.3 is 19.9 Å². The fraction of sp³-hybridized carbons (Fsp3) is 0.458. The Morgan fingerprint density at radius 2 is 1.97 bits per heavy atom. The third kappa shape index (κ3) is 3.76. The number of aryl methyl sites for hydroxylation is 1. The van der Waals surface area contributed by atoms with Gasteiger partial charge in [-0.15, -0.1) is 0 Å². The quantitative estimate of drug-likeness (QED) is 0.621. The number of halogens is 1. The maximum atomic E-state index is 15.3. The van der Waals surface area contributed by atoms with Crippen LogP contribution in [0.15, 0.2) is 24.3 Å². The van der Waals surface area contributed by atoms with Crippen LogP contribution < -0.4 is 10.1 Å². The Hall–Kier alpha value is -2.60. The van der Waals surface area contributed by atoms with Gasteiger partial charge in [-0.2, -0.15) is 0 Å². The number of anilines is 1. The molecule has 0 radical (unpaired) electrons. The number of benzene rings is 2. The maximum absolute atomic E-state index is 15.3. The number of rotatable bonds is 8. The zero-order valence-corrected chi connectivity index (χ0v) is 17.7. The minimum Gasteiger partial charge on any atom is -0.493 e. The topological polar surface area (TPSA) is 67.8 Å². The van der Waals surface area contributed by atoms with Crippen molar-refractivity contribution in [2.45, 2.75) is 64.2 Å². The Kier molecular flexibility index (Phi) is 5.45. The van der Waals surface area contributed by atoms with Crippen LogP contribution in [0, 0.1) is 19.7 Å². The normalized spacial score (nSPS) is 17.3. The van der Waals surface area contributed by atoms with E-state index < -0.39 is 17.3 Å². The van der Waals surface area contributed by atoms with E-state index in [4.69, 9.17) is 9.47 Å². The summed E-state index contributed by atoms with van der Waals surface area (Å²) in [7, 11) is 1.47. The zero-order valence-electron chi connectivity index (χ0n) is 17.7. The first-order valence-corrected chi connectivity index (χ1v) is 10.4. The van der Waals surface area contributed by atoms with E-state index in [0.29, 0.717) is 30.7 Å². The first-order chi connectivity index (χ1) is 14.3. The third-order valence-electron chi connectivity index (χ3n) is 6.33. The van der Waals surface area contributed by atoms with E-state index in [0.717, 1.165) is 41.5 Å². The van der Waals surface area contributed by atoms with Gasteiger partial charge in [0.25, 0.3) is 0 Å². The van der Waals surface area contributed by atoms with E-state index in [-0.39, 0.29) is 11.9 Å². The Morgan fingerprint density at radius 1 is 1.23 bits per heavy atom. The van der Waals surface area contributed by atoms with Crippen molar-refractivity contribution >= 4 is 11.7 Å². The van der Waals surface area contributed by atoms with Gasteiger partial charge in [-0.1, -0.05) is 6.07 Å². The summed E-state index contributed by atoms with van der Waals surface area (Å²) in [4.78, 5) is 11.7. The monoisotopic (exact) mass is 413 g/mol. The maximum Gasteiger partial charge on any atom is 0.329 e. The molecule has 160 valence electrons. The van der Waals surface area contributed by atoms with Crippen molar-refractivity contribution in [3.8, 4) is 16.9 Å². The van der Waals surface area contributed by atoms with Crippen LogP contribution in [0.1, 0.15) is 48.8 Å². The lowest BCUT2D eigenvalue weighted by Crippen LogP contribution is -2.52. The van der Waals surface area contributed by atoms with Gasteiger partial charge in [0.2, 0.25) is 0 Å². The van der Waals surface area contributed by atoms with Gasteiger partial charge in [0.15, 0.2) is 11.6 Å². The average Bonchev–Trinajstić information content (AvgIpc) is 3.51. The summed E-state index contributed by atoms with van der Waals surface area (Å²) in [5, 5.41) is 12.8. The molecule has 2 aromatic rings. The van der Waals surface area contributed by atoms with Crippen molar-refractivity contribution in [2.24, 2.45) is 0 Å². The third-order valence-corrected chi connectivity index (χ3v) is 6.33. The van der Waals surface area contributed by atoms with Crippen LogP contribution in [0.4, 0.5) is 10.1 Å². The highest BCUT2D eigenvalue weighted by Crippen LogP contribution is 2.40. The van der Waals surface area contributed by atoms with E-state index in [1.807, 2.05) is 38.1 Å². The SMILES string of the molecule is COc1c(C)c(C)cc(-c2ccc(NC3(C(=O)O)CCC3)cc2COC2CC2)c1F. The molecule has 2 aliphatic rings. The summed E-state index contributed by atoms with van der Waals surface area (Å²) in [5.41, 5.74) is 3.55. The smallest absolute Gasteiger partial charge is 0.329 e. The second-order valence-electron chi connectivity index (χ2n) is 8.46. The van der Waals surface area contributed by atoms with E-state index in [1.165, 1.54) is 7.11 Å². The molecule has 0 bridgehead atoms. The summed E-state index contributed by atoms with van der Waals surface area (Å²) in [6.07, 6.45) is 4.43. The van der Waals surface area contributed by atoms with Crippen molar-refractivity contribution < 1.29 is 23.8 Å². The lowest BCUT2D eigenvalue weighted by molar-refractivity contribution is -0.145. The van der Waals surface area contributed by atoms with Crippen molar-refractivity contribution in [3.05, 3.63) is 46.8 Å². The molecule has 0 aromatic heterocycles. The molecule has 6 heteroatoms. The van der Waals surface area contributed by atoms with Crippen LogP contribution in [0.2, 0.25) is 0 Å². The Morgan fingerprint density at radius 3 is 2.53 bits per heavy atom. The number of ether oxygens (including phenoxy) is 2. The summed E-state index contributed by atoms with van der Waals surface area (Å²) in [5.74, 6) is -0.978. The molecule has 4 rings (SSSR count). The van der Waals surface area contributed by atoms with Gasteiger partial charge in [-0.3, -0.25) is 0 Å². The van der Waals surface area contributed by atoms with E-state index in [1.54, 1.807) is 0 Å². The number of carboxylic acid groups (broad SMARTS) is 1. The molecule has 2 saturated carbocycles. The molecule has 0 aliphatic heterocycles.